The minimum atomic E-state index is -3.90. The van der Waals surface area contributed by atoms with Crippen LogP contribution in [-0.2, 0) is 26.2 Å². The number of ether oxygens (including phenoxy) is 3. The molecular formula is C27H37N3O7S. The Kier molecular flexibility index (Phi) is 9.84. The van der Waals surface area contributed by atoms with Gasteiger partial charge in [-0.15, -0.1) is 0 Å². The fraction of sp³-hybridized carbons (Fsp3) is 0.481. The Hall–Kier alpha value is -3.47. The number of carbonyl (C=O) groups is 2. The summed E-state index contributed by atoms with van der Waals surface area (Å²) in [6, 6.07) is 11.1. The van der Waals surface area contributed by atoms with E-state index in [9.17, 15) is 18.0 Å². The number of hydrogen-bond donors (Lipinski definition) is 1. The number of anilines is 1. The smallest absolute Gasteiger partial charge is 0.244 e. The number of amides is 2. The molecule has 2 aromatic rings. The zero-order chi connectivity index (χ0) is 27.9. The molecule has 208 valence electrons. The van der Waals surface area contributed by atoms with Crippen molar-refractivity contribution < 1.29 is 32.2 Å². The van der Waals surface area contributed by atoms with Crippen LogP contribution in [-0.4, -0.2) is 71.3 Å². The van der Waals surface area contributed by atoms with E-state index in [-0.39, 0.29) is 29.9 Å². The van der Waals surface area contributed by atoms with Crippen molar-refractivity contribution in [1.29, 1.82) is 0 Å². The molecular weight excluding hydrogens is 510 g/mol. The zero-order valence-corrected chi connectivity index (χ0v) is 23.4. The Labute approximate surface area is 224 Å². The van der Waals surface area contributed by atoms with Crippen LogP contribution >= 0.6 is 0 Å². The molecule has 1 N–H and O–H groups in total. The molecule has 1 atom stereocenters. The molecule has 38 heavy (non-hydrogen) atoms. The Bertz CT molecular complexity index is 1230. The number of methoxy groups -OCH3 is 3. The van der Waals surface area contributed by atoms with Crippen LogP contribution in [0.1, 0.15) is 38.2 Å². The normalized spacial score (nSPS) is 14.4. The third kappa shape index (κ3) is 7.31. The lowest BCUT2D eigenvalue weighted by molar-refractivity contribution is -0.139. The van der Waals surface area contributed by atoms with Gasteiger partial charge in [-0.05, 0) is 49.6 Å². The van der Waals surface area contributed by atoms with E-state index in [2.05, 4.69) is 5.32 Å². The number of nitrogens with zero attached hydrogens (tertiary/aromatic N) is 2. The van der Waals surface area contributed by atoms with Crippen molar-refractivity contribution in [2.24, 2.45) is 0 Å². The summed E-state index contributed by atoms with van der Waals surface area (Å²) in [4.78, 5) is 28.4. The summed E-state index contributed by atoms with van der Waals surface area (Å²) in [6.07, 6.45) is 4.94. The Balaban J connectivity index is 1.94. The number of rotatable bonds is 12. The van der Waals surface area contributed by atoms with Gasteiger partial charge in [0.05, 0.1) is 33.3 Å². The molecule has 1 aliphatic carbocycles. The van der Waals surface area contributed by atoms with Gasteiger partial charge in [-0.25, -0.2) is 8.42 Å². The summed E-state index contributed by atoms with van der Waals surface area (Å²) in [5, 5.41) is 3.05. The van der Waals surface area contributed by atoms with Crippen LogP contribution in [0.3, 0.4) is 0 Å². The second kappa shape index (κ2) is 12.9. The van der Waals surface area contributed by atoms with Crippen LogP contribution in [0.15, 0.2) is 42.5 Å². The molecule has 1 aliphatic rings. The van der Waals surface area contributed by atoms with Gasteiger partial charge in [-0.2, -0.15) is 0 Å². The molecule has 0 heterocycles. The maximum Gasteiger partial charge on any atom is 0.244 e. The molecule has 0 bridgehead atoms. The fourth-order valence-corrected chi connectivity index (χ4v) is 5.38. The van der Waals surface area contributed by atoms with Gasteiger partial charge in [0.2, 0.25) is 21.8 Å². The van der Waals surface area contributed by atoms with Crippen LogP contribution in [0, 0.1) is 0 Å². The maximum absolute atomic E-state index is 13.8. The quantitative estimate of drug-likeness (QED) is 0.435. The van der Waals surface area contributed by atoms with Crippen LogP contribution < -0.4 is 23.8 Å². The molecule has 10 nitrogen and oxygen atoms in total. The molecule has 2 aromatic carbocycles. The average molecular weight is 548 g/mol. The Morgan fingerprint density at radius 3 is 2.26 bits per heavy atom. The van der Waals surface area contributed by atoms with Crippen molar-refractivity contribution in [2.45, 2.75) is 51.2 Å². The van der Waals surface area contributed by atoms with E-state index in [1.807, 2.05) is 6.07 Å². The minimum Gasteiger partial charge on any atom is -0.497 e. The first-order chi connectivity index (χ1) is 18.1. The summed E-state index contributed by atoms with van der Waals surface area (Å²) in [7, 11) is 0.540. The van der Waals surface area contributed by atoms with Crippen LogP contribution in [0.2, 0.25) is 0 Å². The van der Waals surface area contributed by atoms with E-state index < -0.39 is 28.5 Å². The third-order valence-corrected chi connectivity index (χ3v) is 7.82. The summed E-state index contributed by atoms with van der Waals surface area (Å²) in [5.74, 6) is 0.501. The molecule has 0 saturated heterocycles. The van der Waals surface area contributed by atoms with Gasteiger partial charge in [-0.3, -0.25) is 13.9 Å². The summed E-state index contributed by atoms with van der Waals surface area (Å²) < 4.78 is 42.6. The number of carbonyl (C=O) groups excluding carboxylic acids is 2. The first-order valence-electron chi connectivity index (χ1n) is 12.5. The van der Waals surface area contributed by atoms with Gasteiger partial charge in [0, 0.05) is 18.7 Å². The monoisotopic (exact) mass is 547 g/mol. The Morgan fingerprint density at radius 2 is 1.66 bits per heavy atom. The van der Waals surface area contributed by atoms with E-state index in [0.29, 0.717) is 11.5 Å². The van der Waals surface area contributed by atoms with Crippen molar-refractivity contribution in [2.75, 3.05) is 38.4 Å². The highest BCUT2D eigenvalue weighted by Crippen LogP contribution is 2.33. The van der Waals surface area contributed by atoms with Crippen LogP contribution in [0.25, 0.3) is 0 Å². The van der Waals surface area contributed by atoms with E-state index in [4.69, 9.17) is 14.2 Å². The minimum absolute atomic E-state index is 0.0785. The molecule has 0 unspecified atom stereocenters. The van der Waals surface area contributed by atoms with Crippen LogP contribution in [0.4, 0.5) is 5.69 Å². The lowest BCUT2D eigenvalue weighted by Crippen LogP contribution is -2.52. The average Bonchev–Trinajstić information content (AvgIpc) is 3.42. The molecule has 11 heteroatoms. The van der Waals surface area contributed by atoms with E-state index in [1.165, 1.54) is 25.2 Å². The first kappa shape index (κ1) is 29.1. The lowest BCUT2D eigenvalue weighted by Gasteiger charge is -2.32. The lowest BCUT2D eigenvalue weighted by atomic mass is 10.1. The van der Waals surface area contributed by atoms with Gasteiger partial charge in [-0.1, -0.05) is 25.0 Å². The van der Waals surface area contributed by atoms with Gasteiger partial charge in [0.15, 0.2) is 0 Å². The standard InChI is InChI=1S/C27H37N3O7S/c1-19(27(32)28-21-10-6-7-11-21)29(17-20-9-8-12-22(15-20)35-2)26(31)18-30(38(5,33)34)24-14-13-23(36-3)16-25(24)37-4/h8-9,12-16,19,21H,6-7,10-11,17-18H2,1-5H3,(H,28,32)/t19-/m1/s1. The molecule has 3 rings (SSSR count). The molecule has 1 saturated carbocycles. The van der Waals surface area contributed by atoms with Gasteiger partial charge in [0.1, 0.15) is 29.8 Å². The SMILES string of the molecule is COc1cccc(CN(C(=O)CN(c2ccc(OC)cc2OC)S(C)(=O)=O)[C@H](C)C(=O)NC2CCCC2)c1. The van der Waals surface area contributed by atoms with Crippen molar-refractivity contribution in [3.8, 4) is 17.2 Å². The largest absolute Gasteiger partial charge is 0.497 e. The number of benzene rings is 2. The molecule has 1 fully saturated rings. The predicted molar refractivity (Wildman–Crippen MR) is 145 cm³/mol. The van der Waals surface area contributed by atoms with Gasteiger partial charge >= 0.3 is 0 Å². The van der Waals surface area contributed by atoms with Crippen molar-refractivity contribution in [1.82, 2.24) is 10.2 Å². The number of sulfonamides is 1. The topological polar surface area (TPSA) is 114 Å². The van der Waals surface area contributed by atoms with Crippen molar-refractivity contribution in [3.63, 3.8) is 0 Å². The molecule has 0 aliphatic heterocycles. The summed E-state index contributed by atoms with van der Waals surface area (Å²) in [6.45, 7) is 1.22. The van der Waals surface area contributed by atoms with E-state index in [1.54, 1.807) is 44.4 Å². The highest BCUT2D eigenvalue weighted by molar-refractivity contribution is 7.92. The highest BCUT2D eigenvalue weighted by atomic mass is 32.2. The first-order valence-corrected chi connectivity index (χ1v) is 14.3. The third-order valence-electron chi connectivity index (χ3n) is 6.69. The second-order valence-electron chi connectivity index (χ2n) is 9.35. The summed E-state index contributed by atoms with van der Waals surface area (Å²) >= 11 is 0. The fourth-order valence-electron chi connectivity index (χ4n) is 4.53. The van der Waals surface area contributed by atoms with E-state index >= 15 is 0 Å². The van der Waals surface area contributed by atoms with Crippen LogP contribution in [0.5, 0.6) is 17.2 Å². The Morgan fingerprint density at radius 1 is 1.00 bits per heavy atom. The number of nitrogens with one attached hydrogen (secondary N) is 1. The maximum atomic E-state index is 13.8. The summed E-state index contributed by atoms with van der Waals surface area (Å²) in [5.41, 5.74) is 0.930. The number of hydrogen-bond acceptors (Lipinski definition) is 7. The van der Waals surface area contributed by atoms with Crippen molar-refractivity contribution in [3.05, 3.63) is 48.0 Å². The zero-order valence-electron chi connectivity index (χ0n) is 22.6. The van der Waals surface area contributed by atoms with Gasteiger partial charge in [0.25, 0.3) is 0 Å². The van der Waals surface area contributed by atoms with E-state index in [0.717, 1.165) is 41.8 Å². The molecule has 0 radical (unpaired) electrons. The molecule has 0 spiro atoms. The van der Waals surface area contributed by atoms with Crippen molar-refractivity contribution >= 4 is 27.5 Å². The second-order valence-corrected chi connectivity index (χ2v) is 11.3. The molecule has 0 aromatic heterocycles. The van der Waals surface area contributed by atoms with Gasteiger partial charge < -0.3 is 24.4 Å². The highest BCUT2D eigenvalue weighted by Gasteiger charge is 2.32. The predicted octanol–water partition coefficient (Wildman–Crippen LogP) is 2.95. The molecule has 2 amide bonds.